The van der Waals surface area contributed by atoms with Crippen molar-refractivity contribution in [1.82, 2.24) is 24.6 Å². The topological polar surface area (TPSA) is 91.0 Å². The standard InChI is InChI=1S/C25H25N5O3S/c1-16-5-3-4-6-21(16)30-23-20(14-27-30)24(32)29-18(15-34-25(29)28-23)13-22(31)26-12-11-17-7-9-19(33-2)10-8-17/h3-10,14,18H,11-13,15H2,1-2H3,(H,26,31). The van der Waals surface area contributed by atoms with Gasteiger partial charge in [0.25, 0.3) is 5.56 Å². The zero-order valence-corrected chi connectivity index (χ0v) is 19.8. The largest absolute Gasteiger partial charge is 0.497 e. The van der Waals surface area contributed by atoms with Crippen LogP contribution in [0.5, 0.6) is 5.75 Å². The molecule has 0 bridgehead atoms. The Kier molecular flexibility index (Phi) is 6.10. The molecular formula is C25H25N5O3S. The molecule has 9 heteroatoms. The van der Waals surface area contributed by atoms with E-state index in [1.54, 1.807) is 22.6 Å². The number of thioether (sulfide) groups is 1. The Bertz CT molecular complexity index is 1410. The number of benzene rings is 2. The van der Waals surface area contributed by atoms with Crippen molar-refractivity contribution in [2.24, 2.45) is 0 Å². The summed E-state index contributed by atoms with van der Waals surface area (Å²) in [5, 5.41) is 8.50. The van der Waals surface area contributed by atoms with Crippen LogP contribution < -0.4 is 15.6 Å². The molecule has 3 heterocycles. The Morgan fingerprint density at radius 1 is 1.21 bits per heavy atom. The number of methoxy groups -OCH3 is 1. The highest BCUT2D eigenvalue weighted by molar-refractivity contribution is 7.99. The number of carbonyl (C=O) groups excluding carboxylic acids is 1. The summed E-state index contributed by atoms with van der Waals surface area (Å²) in [7, 11) is 1.64. The van der Waals surface area contributed by atoms with Gasteiger partial charge >= 0.3 is 0 Å². The maximum Gasteiger partial charge on any atom is 0.265 e. The first-order valence-electron chi connectivity index (χ1n) is 11.1. The van der Waals surface area contributed by atoms with Gasteiger partial charge in [0.2, 0.25) is 5.91 Å². The van der Waals surface area contributed by atoms with Gasteiger partial charge in [-0.2, -0.15) is 5.10 Å². The SMILES string of the molecule is COc1ccc(CCNC(=O)CC2CSc3nc4c(cnn4-c4ccccc4C)c(=O)n32)cc1. The molecule has 1 atom stereocenters. The minimum Gasteiger partial charge on any atom is -0.497 e. The molecule has 2 aromatic carbocycles. The van der Waals surface area contributed by atoms with Gasteiger partial charge in [-0.05, 0) is 42.7 Å². The van der Waals surface area contributed by atoms with Crippen molar-refractivity contribution in [1.29, 1.82) is 0 Å². The van der Waals surface area contributed by atoms with Gasteiger partial charge in [0, 0.05) is 18.7 Å². The van der Waals surface area contributed by atoms with Gasteiger partial charge in [0.05, 0.1) is 25.0 Å². The first-order chi connectivity index (χ1) is 16.5. The summed E-state index contributed by atoms with van der Waals surface area (Å²) in [4.78, 5) is 30.7. The van der Waals surface area contributed by atoms with Crippen molar-refractivity contribution >= 4 is 28.7 Å². The summed E-state index contributed by atoms with van der Waals surface area (Å²) in [5.41, 5.74) is 3.46. The number of rotatable bonds is 7. The van der Waals surface area contributed by atoms with Crippen LogP contribution in [0.15, 0.2) is 64.7 Å². The lowest BCUT2D eigenvalue weighted by Gasteiger charge is -2.14. The zero-order valence-electron chi connectivity index (χ0n) is 19.0. The Morgan fingerprint density at radius 3 is 2.76 bits per heavy atom. The number of fused-ring (bicyclic) bond motifs is 2. The van der Waals surface area contributed by atoms with Gasteiger partial charge in [-0.15, -0.1) is 0 Å². The summed E-state index contributed by atoms with van der Waals surface area (Å²) < 4.78 is 8.54. The van der Waals surface area contributed by atoms with E-state index in [1.165, 1.54) is 11.8 Å². The minimum absolute atomic E-state index is 0.0745. The number of nitrogens with zero attached hydrogens (tertiary/aromatic N) is 4. The van der Waals surface area contributed by atoms with Crippen molar-refractivity contribution < 1.29 is 9.53 Å². The van der Waals surface area contributed by atoms with E-state index in [-0.39, 0.29) is 23.9 Å². The molecule has 34 heavy (non-hydrogen) atoms. The molecule has 0 fully saturated rings. The molecule has 5 rings (SSSR count). The van der Waals surface area contributed by atoms with Gasteiger partial charge in [0.1, 0.15) is 11.1 Å². The van der Waals surface area contributed by atoms with Gasteiger partial charge < -0.3 is 10.1 Å². The van der Waals surface area contributed by atoms with E-state index in [2.05, 4.69) is 10.4 Å². The van der Waals surface area contributed by atoms with Crippen LogP contribution in [0.4, 0.5) is 0 Å². The molecule has 0 saturated carbocycles. The smallest absolute Gasteiger partial charge is 0.265 e. The number of aryl methyl sites for hydroxylation is 1. The molecule has 1 aliphatic heterocycles. The second-order valence-electron chi connectivity index (χ2n) is 8.27. The van der Waals surface area contributed by atoms with Crippen LogP contribution in [0.1, 0.15) is 23.6 Å². The molecular weight excluding hydrogens is 450 g/mol. The Morgan fingerprint density at radius 2 is 2.00 bits per heavy atom. The summed E-state index contributed by atoms with van der Waals surface area (Å²) >= 11 is 1.50. The number of amides is 1. The predicted molar refractivity (Wildman–Crippen MR) is 132 cm³/mol. The Labute approximate surface area is 201 Å². The third-order valence-electron chi connectivity index (χ3n) is 6.03. The van der Waals surface area contributed by atoms with Gasteiger partial charge in [-0.25, -0.2) is 9.67 Å². The summed E-state index contributed by atoms with van der Waals surface area (Å²) in [6.45, 7) is 2.54. The second kappa shape index (κ2) is 9.34. The minimum atomic E-state index is -0.229. The number of para-hydroxylation sites is 1. The number of carbonyl (C=O) groups is 1. The first-order valence-corrected chi connectivity index (χ1v) is 12.1. The molecule has 0 saturated heterocycles. The molecule has 1 N–H and O–H groups in total. The zero-order chi connectivity index (χ0) is 23.7. The lowest BCUT2D eigenvalue weighted by atomic mass is 10.1. The van der Waals surface area contributed by atoms with Crippen LogP contribution >= 0.6 is 11.8 Å². The Hall–Kier alpha value is -3.59. The number of nitrogens with one attached hydrogen (secondary N) is 1. The lowest BCUT2D eigenvalue weighted by molar-refractivity contribution is -0.121. The monoisotopic (exact) mass is 475 g/mol. The van der Waals surface area contributed by atoms with Crippen LogP contribution in [-0.2, 0) is 11.2 Å². The third kappa shape index (κ3) is 4.19. The number of hydrogen-bond donors (Lipinski definition) is 1. The van der Waals surface area contributed by atoms with Crippen LogP contribution in [0.3, 0.4) is 0 Å². The van der Waals surface area contributed by atoms with Crippen LogP contribution in [0.2, 0.25) is 0 Å². The fourth-order valence-corrected chi connectivity index (χ4v) is 5.31. The van der Waals surface area contributed by atoms with E-state index in [0.29, 0.717) is 28.5 Å². The van der Waals surface area contributed by atoms with E-state index in [4.69, 9.17) is 9.72 Å². The third-order valence-corrected chi connectivity index (χ3v) is 7.13. The fraction of sp³-hybridized carbons (Fsp3) is 0.280. The number of hydrogen-bond acceptors (Lipinski definition) is 6. The second-order valence-corrected chi connectivity index (χ2v) is 9.25. The molecule has 4 aromatic rings. The molecule has 1 unspecified atom stereocenters. The molecule has 0 aliphatic carbocycles. The number of aromatic nitrogens is 4. The molecule has 0 radical (unpaired) electrons. The molecule has 2 aromatic heterocycles. The van der Waals surface area contributed by atoms with Crippen molar-refractivity contribution in [3.63, 3.8) is 0 Å². The predicted octanol–water partition coefficient (Wildman–Crippen LogP) is 3.30. The molecule has 8 nitrogen and oxygen atoms in total. The summed E-state index contributed by atoms with van der Waals surface area (Å²) in [5.74, 6) is 1.37. The average Bonchev–Trinajstić information content (AvgIpc) is 3.45. The van der Waals surface area contributed by atoms with Crippen molar-refractivity contribution in [3.8, 4) is 11.4 Å². The van der Waals surface area contributed by atoms with E-state index in [9.17, 15) is 9.59 Å². The lowest BCUT2D eigenvalue weighted by Crippen LogP contribution is -2.31. The fourth-order valence-electron chi connectivity index (χ4n) is 4.18. The normalized spacial score (nSPS) is 14.8. The molecule has 174 valence electrons. The van der Waals surface area contributed by atoms with Crippen LogP contribution in [0, 0.1) is 6.92 Å². The van der Waals surface area contributed by atoms with E-state index in [0.717, 1.165) is 29.0 Å². The van der Waals surface area contributed by atoms with Crippen molar-refractivity contribution in [3.05, 3.63) is 76.2 Å². The molecule has 0 spiro atoms. The van der Waals surface area contributed by atoms with Crippen molar-refractivity contribution in [2.75, 3.05) is 19.4 Å². The first kappa shape index (κ1) is 22.2. The van der Waals surface area contributed by atoms with E-state index < -0.39 is 0 Å². The highest BCUT2D eigenvalue weighted by Crippen LogP contribution is 2.33. The summed E-state index contributed by atoms with van der Waals surface area (Å²) in [6.07, 6.45) is 2.53. The van der Waals surface area contributed by atoms with Crippen LogP contribution in [0.25, 0.3) is 16.7 Å². The van der Waals surface area contributed by atoms with E-state index in [1.807, 2.05) is 55.5 Å². The average molecular weight is 476 g/mol. The van der Waals surface area contributed by atoms with Crippen LogP contribution in [-0.4, -0.2) is 44.6 Å². The summed E-state index contributed by atoms with van der Waals surface area (Å²) in [6, 6.07) is 15.4. The Balaban J connectivity index is 1.30. The van der Waals surface area contributed by atoms with Crippen molar-refractivity contribution in [2.45, 2.75) is 31.0 Å². The maximum absolute atomic E-state index is 13.3. The highest BCUT2D eigenvalue weighted by Gasteiger charge is 2.29. The maximum atomic E-state index is 13.3. The van der Waals surface area contributed by atoms with Gasteiger partial charge in [0.15, 0.2) is 10.8 Å². The number of ether oxygens (including phenoxy) is 1. The van der Waals surface area contributed by atoms with E-state index >= 15 is 0 Å². The highest BCUT2D eigenvalue weighted by atomic mass is 32.2. The van der Waals surface area contributed by atoms with Gasteiger partial charge in [-0.3, -0.25) is 14.2 Å². The quantitative estimate of drug-likeness (QED) is 0.413. The molecule has 1 aliphatic rings. The molecule has 1 amide bonds. The van der Waals surface area contributed by atoms with Gasteiger partial charge in [-0.1, -0.05) is 42.1 Å².